The van der Waals surface area contributed by atoms with Crippen molar-refractivity contribution in [2.75, 3.05) is 20.1 Å². The summed E-state index contributed by atoms with van der Waals surface area (Å²) in [6.07, 6.45) is 6.10. The minimum Gasteiger partial charge on any atom is -0.333 e. The lowest BCUT2D eigenvalue weighted by Crippen LogP contribution is -2.40. The molecule has 1 aromatic carbocycles. The van der Waals surface area contributed by atoms with Gasteiger partial charge in [-0.25, -0.2) is 5.01 Å². The number of fused-ring (bicyclic) bond motifs is 2. The fourth-order valence-electron chi connectivity index (χ4n) is 4.28. The highest BCUT2D eigenvalue weighted by Crippen LogP contribution is 2.45. The Morgan fingerprint density at radius 3 is 2.38 bits per heavy atom. The van der Waals surface area contributed by atoms with Crippen molar-refractivity contribution < 1.29 is 4.79 Å². The van der Waals surface area contributed by atoms with E-state index in [1.54, 1.807) is 0 Å². The molecule has 1 aromatic heterocycles. The van der Waals surface area contributed by atoms with Crippen LogP contribution in [0.5, 0.6) is 0 Å². The number of carbonyl (C=O) groups is 1. The van der Waals surface area contributed by atoms with Crippen molar-refractivity contribution in [1.29, 1.82) is 0 Å². The average Bonchev–Trinajstić information content (AvgIpc) is 2.88. The van der Waals surface area contributed by atoms with Gasteiger partial charge in [0.2, 0.25) is 0 Å². The van der Waals surface area contributed by atoms with Gasteiger partial charge in [0.1, 0.15) is 6.79 Å². The van der Waals surface area contributed by atoms with Crippen LogP contribution in [0.1, 0.15) is 41.1 Å². The molecule has 0 amide bonds. The summed E-state index contributed by atoms with van der Waals surface area (Å²) in [5.41, 5.74) is 9.77. The molecule has 5 nitrogen and oxygen atoms in total. The van der Waals surface area contributed by atoms with Crippen molar-refractivity contribution in [2.24, 2.45) is 17.5 Å². The largest absolute Gasteiger partial charge is 0.333 e. The van der Waals surface area contributed by atoms with Crippen LogP contribution in [0.15, 0.2) is 33.3 Å². The molecule has 2 aromatic rings. The number of hydrogen-bond donors (Lipinski definition) is 2. The van der Waals surface area contributed by atoms with Crippen LogP contribution in [0.2, 0.25) is 5.02 Å². The SMILES string of the molecule is C=O.CN.NN1CCC(C2c3ncc(Br)cc3CCc3cc(Cl)cc(Br)c32)CC1. The molecule has 1 fully saturated rings. The first kappa shape index (κ1) is 24.4. The van der Waals surface area contributed by atoms with Crippen molar-refractivity contribution in [3.63, 3.8) is 0 Å². The lowest BCUT2D eigenvalue weighted by atomic mass is 9.76. The van der Waals surface area contributed by atoms with Crippen LogP contribution in [0.25, 0.3) is 0 Å². The van der Waals surface area contributed by atoms with E-state index >= 15 is 0 Å². The average molecular weight is 547 g/mol. The van der Waals surface area contributed by atoms with Gasteiger partial charge in [-0.15, -0.1) is 0 Å². The molecule has 1 atom stereocenters. The Morgan fingerprint density at radius 1 is 1.10 bits per heavy atom. The highest BCUT2D eigenvalue weighted by atomic mass is 79.9. The summed E-state index contributed by atoms with van der Waals surface area (Å²) >= 11 is 13.7. The number of piperidine rings is 1. The monoisotopic (exact) mass is 544 g/mol. The van der Waals surface area contributed by atoms with Crippen LogP contribution in [0, 0.1) is 5.92 Å². The van der Waals surface area contributed by atoms with Crippen LogP contribution in [0.4, 0.5) is 0 Å². The maximum atomic E-state index is 8.00. The van der Waals surface area contributed by atoms with Crippen molar-refractivity contribution in [3.8, 4) is 0 Å². The number of nitrogens with zero attached hydrogens (tertiary/aromatic N) is 2. The van der Waals surface area contributed by atoms with Gasteiger partial charge in [0.25, 0.3) is 0 Å². The maximum absolute atomic E-state index is 8.00. The summed E-state index contributed by atoms with van der Waals surface area (Å²) in [7, 11) is 1.50. The first-order chi connectivity index (χ1) is 14.0. The molecular formula is C21H27Br2ClN4O. The zero-order valence-corrected chi connectivity index (χ0v) is 20.4. The number of carbonyl (C=O) groups excluding carboxylic acids is 1. The molecule has 0 radical (unpaired) electrons. The highest BCUT2D eigenvalue weighted by Gasteiger charge is 2.35. The molecule has 1 aliphatic heterocycles. The predicted molar refractivity (Wildman–Crippen MR) is 126 cm³/mol. The Kier molecular flexibility index (Phi) is 9.72. The lowest BCUT2D eigenvalue weighted by molar-refractivity contribution is -0.0979. The van der Waals surface area contributed by atoms with E-state index in [2.05, 4.69) is 49.7 Å². The molecular weight excluding hydrogens is 520 g/mol. The zero-order chi connectivity index (χ0) is 21.6. The standard InChI is InChI=1S/C19H20Br2ClN3.CH5N.CH2O/c20-14-7-13-2-1-12-8-15(22)9-16(21)17(12)18(19(13)24-10-14)11-3-5-25(23)6-4-11;2*1-2/h7-11,18H,1-6,23H2;2H2,1H3;1H2. The van der Waals surface area contributed by atoms with Gasteiger partial charge in [0.15, 0.2) is 0 Å². The molecule has 1 saturated heterocycles. The van der Waals surface area contributed by atoms with Gasteiger partial charge in [-0.1, -0.05) is 27.5 Å². The van der Waals surface area contributed by atoms with E-state index < -0.39 is 0 Å². The van der Waals surface area contributed by atoms with Crippen molar-refractivity contribution >= 4 is 50.2 Å². The normalized spacial score (nSPS) is 18.9. The van der Waals surface area contributed by atoms with Gasteiger partial charge < -0.3 is 10.5 Å². The van der Waals surface area contributed by atoms with Gasteiger partial charge >= 0.3 is 0 Å². The third-order valence-corrected chi connectivity index (χ3v) is 6.77. The molecule has 158 valence electrons. The van der Waals surface area contributed by atoms with Crippen LogP contribution in [-0.2, 0) is 17.6 Å². The molecule has 1 aliphatic carbocycles. The molecule has 29 heavy (non-hydrogen) atoms. The second-order valence-corrected chi connectivity index (χ2v) is 9.22. The van der Waals surface area contributed by atoms with Crippen molar-refractivity contribution in [1.82, 2.24) is 9.99 Å². The summed E-state index contributed by atoms with van der Waals surface area (Å²) in [4.78, 5) is 12.9. The third-order valence-electron chi connectivity index (χ3n) is 5.46. The number of hydrogen-bond acceptors (Lipinski definition) is 5. The number of pyridine rings is 1. The summed E-state index contributed by atoms with van der Waals surface area (Å²) in [6, 6.07) is 6.39. The number of hydrazine groups is 1. The molecule has 0 spiro atoms. The van der Waals surface area contributed by atoms with Crippen LogP contribution < -0.4 is 11.6 Å². The van der Waals surface area contributed by atoms with E-state index in [-0.39, 0.29) is 0 Å². The zero-order valence-electron chi connectivity index (χ0n) is 16.5. The van der Waals surface area contributed by atoms with E-state index in [1.807, 2.05) is 24.1 Å². The Balaban J connectivity index is 0.000000707. The second-order valence-electron chi connectivity index (χ2n) is 7.01. The Hall–Kier alpha value is -0.830. The number of nitrogens with two attached hydrogens (primary N) is 2. The second kappa shape index (κ2) is 11.5. The highest BCUT2D eigenvalue weighted by molar-refractivity contribution is 9.10. The first-order valence-corrected chi connectivity index (χ1v) is 11.5. The van der Waals surface area contributed by atoms with Crippen molar-refractivity contribution in [3.05, 3.63) is 60.7 Å². The summed E-state index contributed by atoms with van der Waals surface area (Å²) in [5, 5.41) is 2.72. The molecule has 4 rings (SSSR count). The summed E-state index contributed by atoms with van der Waals surface area (Å²) in [6.45, 7) is 3.88. The fourth-order valence-corrected chi connectivity index (χ4v) is 5.78. The topological polar surface area (TPSA) is 85.2 Å². The van der Waals surface area contributed by atoms with Gasteiger partial charge in [0, 0.05) is 39.2 Å². The van der Waals surface area contributed by atoms with Crippen LogP contribution in [0.3, 0.4) is 0 Å². The molecule has 4 N–H and O–H groups in total. The lowest BCUT2D eigenvalue weighted by Gasteiger charge is -2.35. The number of rotatable bonds is 1. The Bertz CT molecular complexity index is 829. The van der Waals surface area contributed by atoms with Crippen LogP contribution >= 0.6 is 43.5 Å². The number of aryl methyl sites for hydroxylation is 2. The molecule has 0 bridgehead atoms. The Morgan fingerprint density at radius 2 is 1.72 bits per heavy atom. The molecule has 1 unspecified atom stereocenters. The Labute approximate surface area is 194 Å². The molecule has 2 heterocycles. The smallest absolute Gasteiger partial charge is 0.106 e. The van der Waals surface area contributed by atoms with E-state index in [4.69, 9.17) is 27.2 Å². The first-order valence-electron chi connectivity index (χ1n) is 9.51. The molecule has 2 aliphatic rings. The van der Waals surface area contributed by atoms with Gasteiger partial charge in [0.05, 0.1) is 5.69 Å². The number of aromatic nitrogens is 1. The van der Waals surface area contributed by atoms with Crippen molar-refractivity contribution in [2.45, 2.75) is 31.6 Å². The van der Waals surface area contributed by atoms with Gasteiger partial charge in [-0.2, -0.15) is 0 Å². The van der Waals surface area contributed by atoms with Crippen LogP contribution in [-0.4, -0.2) is 36.9 Å². The van der Waals surface area contributed by atoms with E-state index in [9.17, 15) is 0 Å². The number of halogens is 3. The quantitative estimate of drug-likeness (QED) is 0.516. The fraction of sp³-hybridized carbons (Fsp3) is 0.429. The van der Waals surface area contributed by atoms with E-state index in [1.165, 1.54) is 29.4 Å². The molecule has 0 saturated carbocycles. The number of benzene rings is 1. The van der Waals surface area contributed by atoms with E-state index in [0.717, 1.165) is 52.7 Å². The molecule has 8 heteroatoms. The maximum Gasteiger partial charge on any atom is 0.106 e. The van der Waals surface area contributed by atoms with Gasteiger partial charge in [-0.3, -0.25) is 10.8 Å². The predicted octanol–water partition coefficient (Wildman–Crippen LogP) is 4.47. The summed E-state index contributed by atoms with van der Waals surface area (Å²) in [5.74, 6) is 6.84. The minimum atomic E-state index is 0.293. The summed E-state index contributed by atoms with van der Waals surface area (Å²) < 4.78 is 2.15. The van der Waals surface area contributed by atoms with Gasteiger partial charge in [-0.05, 0) is 89.5 Å². The third kappa shape index (κ3) is 5.66. The van der Waals surface area contributed by atoms with E-state index in [0.29, 0.717) is 11.8 Å². The minimum absolute atomic E-state index is 0.293.